The summed E-state index contributed by atoms with van der Waals surface area (Å²) in [5.41, 5.74) is 0. The molecule has 0 bridgehead atoms. The molecule has 63 valence electrons. The lowest BCUT2D eigenvalue weighted by molar-refractivity contribution is -0.157. The Labute approximate surface area is 89.2 Å². The van der Waals surface area contributed by atoms with Gasteiger partial charge in [0.25, 0.3) is 0 Å². The molecule has 11 heavy (non-hydrogen) atoms. The van der Waals surface area contributed by atoms with Crippen LogP contribution in [0, 0.1) is 6.92 Å². The third-order valence-corrected chi connectivity index (χ3v) is 1.61. The maximum Gasteiger partial charge on any atom is 0.352 e. The summed E-state index contributed by atoms with van der Waals surface area (Å²) in [7, 11) is 0. The van der Waals surface area contributed by atoms with Gasteiger partial charge in [0.05, 0.1) is 0 Å². The molecular formula is C5H4Br3O3. The molecular weight excluding hydrogens is 348 g/mol. The minimum atomic E-state index is -1.18. The third kappa shape index (κ3) is 4.92. The van der Waals surface area contributed by atoms with Crippen LogP contribution in [0.4, 0.5) is 0 Å². The van der Waals surface area contributed by atoms with Gasteiger partial charge in [0.2, 0.25) is 2.14 Å². The third-order valence-electron chi connectivity index (χ3n) is 0.642. The van der Waals surface area contributed by atoms with Gasteiger partial charge in [-0.3, -0.25) is 4.79 Å². The second-order valence-corrected chi connectivity index (χ2v) is 8.27. The van der Waals surface area contributed by atoms with Crippen molar-refractivity contribution in [3.63, 3.8) is 0 Å². The first-order valence-electron chi connectivity index (χ1n) is 2.49. The fourth-order valence-corrected chi connectivity index (χ4v) is 0.455. The van der Waals surface area contributed by atoms with Gasteiger partial charge in [-0.2, -0.15) is 0 Å². The van der Waals surface area contributed by atoms with Crippen LogP contribution in [-0.4, -0.2) is 14.1 Å². The highest BCUT2D eigenvalue weighted by Gasteiger charge is 2.32. The number of esters is 2. The molecule has 0 spiro atoms. The zero-order chi connectivity index (χ0) is 9.07. The lowest BCUT2D eigenvalue weighted by atomic mass is 10.5. The molecule has 0 heterocycles. The molecule has 6 heteroatoms. The molecule has 0 rings (SSSR count). The van der Waals surface area contributed by atoms with E-state index >= 15 is 0 Å². The number of rotatable bonds is 1. The molecule has 1 radical (unpaired) electrons. The number of hydrogen-bond donors (Lipinski definition) is 0. The van der Waals surface area contributed by atoms with E-state index in [1.165, 1.54) is 0 Å². The average Bonchev–Trinajstić information content (AvgIpc) is 1.85. The van der Waals surface area contributed by atoms with Gasteiger partial charge in [-0.05, 0) is 54.7 Å². The minimum Gasteiger partial charge on any atom is -0.391 e. The molecule has 0 N–H and O–H groups in total. The molecule has 0 aliphatic carbocycles. The minimum absolute atomic E-state index is 0.0746. The normalized spacial score (nSPS) is 10.9. The van der Waals surface area contributed by atoms with Crippen molar-refractivity contribution < 1.29 is 14.3 Å². The second kappa shape index (κ2) is 4.57. The van der Waals surface area contributed by atoms with Gasteiger partial charge in [0, 0.05) is 6.42 Å². The summed E-state index contributed by atoms with van der Waals surface area (Å²) in [4.78, 5) is 21.3. The van der Waals surface area contributed by atoms with Crippen LogP contribution in [0.25, 0.3) is 0 Å². The van der Waals surface area contributed by atoms with E-state index in [9.17, 15) is 9.59 Å². The Morgan fingerprint density at radius 3 is 2.09 bits per heavy atom. The van der Waals surface area contributed by atoms with Crippen molar-refractivity contribution in [1.82, 2.24) is 0 Å². The highest BCUT2D eigenvalue weighted by Crippen LogP contribution is 2.34. The van der Waals surface area contributed by atoms with E-state index in [2.05, 4.69) is 59.5 Å². The van der Waals surface area contributed by atoms with Crippen LogP contribution >= 0.6 is 47.8 Å². The van der Waals surface area contributed by atoms with Crippen molar-refractivity contribution in [2.75, 3.05) is 0 Å². The van der Waals surface area contributed by atoms with Gasteiger partial charge in [-0.15, -0.1) is 0 Å². The standard InChI is InChI=1S/C5H4Br3O3/c1-2-3(9)11-4(10)5(6,7)8/h1-2H2. The van der Waals surface area contributed by atoms with Crippen LogP contribution in [-0.2, 0) is 14.3 Å². The largest absolute Gasteiger partial charge is 0.391 e. The molecule has 0 aromatic carbocycles. The Balaban J connectivity index is 3.99. The van der Waals surface area contributed by atoms with Crippen molar-refractivity contribution in [2.45, 2.75) is 8.56 Å². The molecule has 0 aromatic heterocycles. The Bertz CT molecular complexity index is 172. The molecule has 0 aliphatic rings. The Kier molecular flexibility index (Phi) is 4.81. The highest BCUT2D eigenvalue weighted by molar-refractivity contribution is 9.40. The highest BCUT2D eigenvalue weighted by atomic mass is 80.0. The zero-order valence-corrected chi connectivity index (χ0v) is 10.0. The van der Waals surface area contributed by atoms with Crippen molar-refractivity contribution in [3.8, 4) is 0 Å². The number of ether oxygens (including phenoxy) is 1. The first-order valence-corrected chi connectivity index (χ1v) is 4.87. The van der Waals surface area contributed by atoms with Crippen molar-refractivity contribution in [2.24, 2.45) is 0 Å². The molecule has 0 fully saturated rings. The first-order chi connectivity index (χ1) is 4.88. The van der Waals surface area contributed by atoms with E-state index in [4.69, 9.17) is 0 Å². The number of carbonyl (C=O) groups is 2. The van der Waals surface area contributed by atoms with Crippen molar-refractivity contribution >= 4 is 59.7 Å². The van der Waals surface area contributed by atoms with E-state index in [1.807, 2.05) is 0 Å². The molecule has 0 atom stereocenters. The van der Waals surface area contributed by atoms with E-state index in [1.54, 1.807) is 0 Å². The molecule has 0 saturated carbocycles. The summed E-state index contributed by atoms with van der Waals surface area (Å²) in [5.74, 6) is -1.43. The number of carbonyl (C=O) groups excluding carboxylic acids is 2. The van der Waals surface area contributed by atoms with Gasteiger partial charge in [0.1, 0.15) is 0 Å². The smallest absolute Gasteiger partial charge is 0.352 e. The monoisotopic (exact) mass is 349 g/mol. The van der Waals surface area contributed by atoms with Gasteiger partial charge < -0.3 is 4.74 Å². The van der Waals surface area contributed by atoms with E-state index in [-0.39, 0.29) is 6.42 Å². The summed E-state index contributed by atoms with van der Waals surface area (Å²) < 4.78 is 3.10. The van der Waals surface area contributed by atoms with Gasteiger partial charge in [-0.25, -0.2) is 4.79 Å². The first kappa shape index (κ1) is 11.6. The fourth-order valence-electron chi connectivity index (χ4n) is 0.212. The lowest BCUT2D eigenvalue weighted by Gasteiger charge is -2.08. The van der Waals surface area contributed by atoms with Gasteiger partial charge >= 0.3 is 11.9 Å². The molecule has 0 aromatic rings. The summed E-state index contributed by atoms with van der Waals surface area (Å²) in [6.07, 6.45) is -0.0746. The van der Waals surface area contributed by atoms with Crippen LogP contribution in [0.2, 0.25) is 0 Å². The van der Waals surface area contributed by atoms with Crippen molar-refractivity contribution in [1.29, 1.82) is 0 Å². The number of halogens is 3. The Morgan fingerprint density at radius 1 is 1.36 bits per heavy atom. The van der Waals surface area contributed by atoms with E-state index in [0.717, 1.165) is 0 Å². The van der Waals surface area contributed by atoms with Crippen molar-refractivity contribution in [3.05, 3.63) is 6.92 Å². The lowest BCUT2D eigenvalue weighted by Crippen LogP contribution is -2.23. The van der Waals surface area contributed by atoms with Gasteiger partial charge in [-0.1, -0.05) is 0 Å². The Hall–Kier alpha value is 0.580. The molecule has 3 nitrogen and oxygen atoms in total. The Morgan fingerprint density at radius 2 is 1.82 bits per heavy atom. The second-order valence-electron chi connectivity index (χ2n) is 1.51. The van der Waals surface area contributed by atoms with Crippen LogP contribution in [0.3, 0.4) is 0 Å². The maximum absolute atomic E-state index is 10.8. The quantitative estimate of drug-likeness (QED) is 0.413. The predicted octanol–water partition coefficient (Wildman–Crippen LogP) is 2.12. The van der Waals surface area contributed by atoms with Gasteiger partial charge in [0.15, 0.2) is 0 Å². The van der Waals surface area contributed by atoms with Crippen LogP contribution in [0.5, 0.6) is 0 Å². The van der Waals surface area contributed by atoms with E-state index in [0.29, 0.717) is 0 Å². The van der Waals surface area contributed by atoms with Crippen LogP contribution in [0.1, 0.15) is 6.42 Å². The molecule has 0 unspecified atom stereocenters. The predicted molar refractivity (Wildman–Crippen MR) is 50.6 cm³/mol. The summed E-state index contributed by atoms with van der Waals surface area (Å²) >= 11 is 8.66. The average molecular weight is 352 g/mol. The summed E-state index contributed by atoms with van der Waals surface area (Å²) in [5, 5.41) is 0. The fraction of sp³-hybridized carbons (Fsp3) is 0.400. The van der Waals surface area contributed by atoms with Crippen LogP contribution in [0.15, 0.2) is 0 Å². The topological polar surface area (TPSA) is 43.4 Å². The number of alkyl halides is 3. The van der Waals surface area contributed by atoms with E-state index < -0.39 is 14.1 Å². The maximum atomic E-state index is 10.8. The number of hydrogen-bond acceptors (Lipinski definition) is 3. The zero-order valence-electron chi connectivity index (χ0n) is 5.27. The molecule has 0 aliphatic heterocycles. The molecule has 0 saturated heterocycles. The summed E-state index contributed by atoms with van der Waals surface area (Å²) in [6, 6.07) is 0. The SMILES string of the molecule is [CH2]CC(=O)OC(=O)C(Br)(Br)Br. The van der Waals surface area contributed by atoms with Crippen LogP contribution < -0.4 is 0 Å². The summed E-state index contributed by atoms with van der Waals surface area (Å²) in [6.45, 7) is 3.25. The molecule has 0 amide bonds.